The van der Waals surface area contributed by atoms with Crippen LogP contribution in [0.1, 0.15) is 18.4 Å². The molecule has 0 bridgehead atoms. The zero-order valence-corrected chi connectivity index (χ0v) is 16.7. The first-order valence-corrected chi connectivity index (χ1v) is 10.4. The molecule has 3 aliphatic rings. The quantitative estimate of drug-likeness (QED) is 0.690. The van der Waals surface area contributed by atoms with E-state index in [0.717, 1.165) is 84.0 Å². The summed E-state index contributed by atoms with van der Waals surface area (Å²) in [4.78, 5) is 19.8. The number of morpholine rings is 1. The maximum absolute atomic E-state index is 13.1. The highest BCUT2D eigenvalue weighted by atomic mass is 19.3. The molecule has 3 saturated heterocycles. The van der Waals surface area contributed by atoms with Gasteiger partial charge in [-0.05, 0) is 37.1 Å². The molecule has 29 heavy (non-hydrogen) atoms. The van der Waals surface area contributed by atoms with E-state index < -0.39 is 6.61 Å². The number of halogens is 2. The molecule has 1 spiro atoms. The number of hydrogen-bond donors (Lipinski definition) is 0. The van der Waals surface area contributed by atoms with Crippen molar-refractivity contribution in [3.05, 3.63) is 29.8 Å². The van der Waals surface area contributed by atoms with Crippen LogP contribution in [0.2, 0.25) is 0 Å². The number of benzene rings is 1. The minimum Gasteiger partial charge on any atom is -0.435 e. The minimum atomic E-state index is -2.81. The average Bonchev–Trinajstić information content (AvgIpc) is 3.26. The third-order valence-electron chi connectivity index (χ3n) is 6.38. The van der Waals surface area contributed by atoms with Crippen LogP contribution in [0.4, 0.5) is 8.78 Å². The minimum absolute atomic E-state index is 0.170. The van der Waals surface area contributed by atoms with Crippen LogP contribution in [0.15, 0.2) is 24.3 Å². The molecular weight excluding hydrogens is 380 g/mol. The van der Waals surface area contributed by atoms with E-state index in [1.807, 2.05) is 17.0 Å². The summed E-state index contributed by atoms with van der Waals surface area (Å²) in [6.45, 7) is 5.59. The van der Waals surface area contributed by atoms with E-state index in [2.05, 4.69) is 14.5 Å². The van der Waals surface area contributed by atoms with E-state index in [0.29, 0.717) is 5.91 Å². The Hall–Kier alpha value is -1.77. The molecule has 3 aliphatic heterocycles. The number of ether oxygens (including phenoxy) is 2. The van der Waals surface area contributed by atoms with Crippen molar-refractivity contribution in [2.75, 3.05) is 59.0 Å². The molecule has 0 aliphatic carbocycles. The van der Waals surface area contributed by atoms with Gasteiger partial charge in [0.25, 0.3) is 0 Å². The maximum atomic E-state index is 13.1. The van der Waals surface area contributed by atoms with Crippen LogP contribution < -0.4 is 4.74 Å². The van der Waals surface area contributed by atoms with Gasteiger partial charge in [-0.25, -0.2) is 0 Å². The number of amides is 1. The smallest absolute Gasteiger partial charge is 0.387 e. The van der Waals surface area contributed by atoms with Crippen LogP contribution >= 0.6 is 0 Å². The molecule has 6 nitrogen and oxygen atoms in total. The second kappa shape index (κ2) is 8.93. The van der Waals surface area contributed by atoms with E-state index in [1.165, 1.54) is 0 Å². The largest absolute Gasteiger partial charge is 0.435 e. The fourth-order valence-corrected chi connectivity index (χ4v) is 4.70. The summed E-state index contributed by atoms with van der Waals surface area (Å²) in [6, 6.07) is 6.77. The lowest BCUT2D eigenvalue weighted by Crippen LogP contribution is -2.43. The van der Waals surface area contributed by atoms with Gasteiger partial charge >= 0.3 is 6.61 Å². The molecule has 4 rings (SSSR count). The van der Waals surface area contributed by atoms with Gasteiger partial charge in [0.2, 0.25) is 5.91 Å². The Bertz CT molecular complexity index is 697. The Balaban J connectivity index is 1.27. The number of nitrogens with zero attached hydrogens (tertiary/aromatic N) is 3. The van der Waals surface area contributed by atoms with Crippen molar-refractivity contribution in [1.82, 2.24) is 14.7 Å². The highest BCUT2D eigenvalue weighted by molar-refractivity contribution is 5.85. The van der Waals surface area contributed by atoms with Crippen molar-refractivity contribution in [1.29, 1.82) is 0 Å². The molecule has 1 unspecified atom stereocenters. The number of likely N-dealkylation sites (tertiary alicyclic amines) is 2. The van der Waals surface area contributed by atoms with Gasteiger partial charge in [-0.3, -0.25) is 14.6 Å². The van der Waals surface area contributed by atoms with Crippen molar-refractivity contribution in [3.63, 3.8) is 0 Å². The summed E-state index contributed by atoms with van der Waals surface area (Å²) in [5.74, 6) is 0.470. The van der Waals surface area contributed by atoms with Crippen molar-refractivity contribution >= 4 is 5.91 Å². The summed E-state index contributed by atoms with van der Waals surface area (Å²) in [7, 11) is 0. The number of rotatable bonds is 7. The normalized spacial score (nSPS) is 26.2. The Morgan fingerprint density at radius 1 is 1.00 bits per heavy atom. The monoisotopic (exact) mass is 409 g/mol. The topological polar surface area (TPSA) is 45.2 Å². The fourth-order valence-electron chi connectivity index (χ4n) is 4.70. The zero-order chi connectivity index (χ0) is 20.3. The fraction of sp³-hybridized carbons (Fsp3) is 0.667. The summed E-state index contributed by atoms with van der Waals surface area (Å²) in [6.07, 6.45) is 1.82. The SMILES string of the molecule is O=C1N(CCN2CCOCC2)CCC12CCN(Cc1ccc(OC(F)F)cc1)C2. The van der Waals surface area contributed by atoms with E-state index in [1.54, 1.807) is 12.1 Å². The lowest BCUT2D eigenvalue weighted by Gasteiger charge is -2.29. The molecule has 3 fully saturated rings. The molecule has 1 atom stereocenters. The molecule has 1 amide bonds. The van der Waals surface area contributed by atoms with Crippen LogP contribution in [0, 0.1) is 5.41 Å². The molecule has 0 N–H and O–H groups in total. The van der Waals surface area contributed by atoms with Gasteiger partial charge in [-0.2, -0.15) is 8.78 Å². The van der Waals surface area contributed by atoms with Crippen LogP contribution in [0.25, 0.3) is 0 Å². The molecule has 160 valence electrons. The summed E-state index contributed by atoms with van der Waals surface area (Å²) in [5.41, 5.74) is 0.794. The Morgan fingerprint density at radius 3 is 2.45 bits per heavy atom. The number of hydrogen-bond acceptors (Lipinski definition) is 5. The molecular formula is C21H29F2N3O3. The molecule has 0 saturated carbocycles. The third kappa shape index (κ3) is 4.87. The highest BCUT2D eigenvalue weighted by Gasteiger charge is 2.50. The van der Waals surface area contributed by atoms with Gasteiger partial charge in [0, 0.05) is 45.8 Å². The number of carbonyl (C=O) groups is 1. The first-order chi connectivity index (χ1) is 14.0. The first-order valence-electron chi connectivity index (χ1n) is 10.4. The molecule has 0 aromatic heterocycles. The summed E-state index contributed by atoms with van der Waals surface area (Å²) >= 11 is 0. The summed E-state index contributed by atoms with van der Waals surface area (Å²) in [5, 5.41) is 0. The highest BCUT2D eigenvalue weighted by Crippen LogP contribution is 2.41. The average molecular weight is 409 g/mol. The molecule has 8 heteroatoms. The van der Waals surface area contributed by atoms with Gasteiger partial charge in [0.15, 0.2) is 0 Å². The predicted octanol–water partition coefficient (Wildman–Crippen LogP) is 2.04. The van der Waals surface area contributed by atoms with Gasteiger partial charge in [-0.1, -0.05) is 12.1 Å². The lowest BCUT2D eigenvalue weighted by molar-refractivity contribution is -0.135. The number of alkyl halides is 2. The van der Waals surface area contributed by atoms with Gasteiger partial charge in [-0.15, -0.1) is 0 Å². The van der Waals surface area contributed by atoms with Crippen molar-refractivity contribution < 1.29 is 23.0 Å². The Labute approximate surface area is 170 Å². The van der Waals surface area contributed by atoms with Crippen LogP contribution in [0.3, 0.4) is 0 Å². The van der Waals surface area contributed by atoms with E-state index in [9.17, 15) is 13.6 Å². The number of carbonyl (C=O) groups excluding carboxylic acids is 1. The van der Waals surface area contributed by atoms with Crippen molar-refractivity contribution in [2.45, 2.75) is 26.0 Å². The predicted molar refractivity (Wildman–Crippen MR) is 104 cm³/mol. The van der Waals surface area contributed by atoms with Gasteiger partial charge < -0.3 is 14.4 Å². The zero-order valence-electron chi connectivity index (χ0n) is 16.7. The van der Waals surface area contributed by atoms with Crippen molar-refractivity contribution in [2.24, 2.45) is 5.41 Å². The molecule has 1 aromatic rings. The van der Waals surface area contributed by atoms with E-state index in [-0.39, 0.29) is 11.2 Å². The third-order valence-corrected chi connectivity index (χ3v) is 6.38. The maximum Gasteiger partial charge on any atom is 0.387 e. The van der Waals surface area contributed by atoms with Gasteiger partial charge in [0.1, 0.15) is 5.75 Å². The lowest BCUT2D eigenvalue weighted by atomic mass is 9.85. The molecule has 1 aromatic carbocycles. The molecule has 0 radical (unpaired) electrons. The molecule has 3 heterocycles. The van der Waals surface area contributed by atoms with Crippen LogP contribution in [-0.4, -0.2) is 86.2 Å². The second-order valence-electron chi connectivity index (χ2n) is 8.26. The van der Waals surface area contributed by atoms with E-state index in [4.69, 9.17) is 4.74 Å². The standard InChI is InChI=1S/C21H29F2N3O3/c22-20(23)29-18-3-1-17(2-4-18)15-25-7-5-21(16-25)6-8-26(19(21)27)10-9-24-11-13-28-14-12-24/h1-4,20H,5-16H2. The van der Waals surface area contributed by atoms with Crippen molar-refractivity contribution in [3.8, 4) is 5.75 Å². The van der Waals surface area contributed by atoms with E-state index >= 15 is 0 Å². The van der Waals surface area contributed by atoms with Crippen LogP contribution in [0.5, 0.6) is 5.75 Å². The second-order valence-corrected chi connectivity index (χ2v) is 8.26. The first kappa shape index (κ1) is 20.5. The van der Waals surface area contributed by atoms with Gasteiger partial charge in [0.05, 0.1) is 18.6 Å². The Morgan fingerprint density at radius 2 is 1.72 bits per heavy atom. The summed E-state index contributed by atoms with van der Waals surface area (Å²) < 4.78 is 34.3. The van der Waals surface area contributed by atoms with Crippen LogP contribution in [-0.2, 0) is 16.1 Å². The Kier molecular flexibility index (Phi) is 6.32.